The molecule has 1 aromatic rings. The smallest absolute Gasteiger partial charge is 0.235 e. The maximum Gasteiger partial charge on any atom is 0.235 e. The third kappa shape index (κ3) is 2.58. The van der Waals surface area contributed by atoms with E-state index in [1.165, 1.54) is 6.08 Å². The predicted octanol–water partition coefficient (Wildman–Crippen LogP) is 2.00. The molecule has 0 bridgehead atoms. The number of para-hydroxylation sites is 1. The molecule has 0 unspecified atom stereocenters. The van der Waals surface area contributed by atoms with Gasteiger partial charge in [0.1, 0.15) is 0 Å². The lowest BCUT2D eigenvalue weighted by atomic mass is 10.1. The third-order valence-corrected chi connectivity index (χ3v) is 1.79. The lowest BCUT2D eigenvalue weighted by Crippen LogP contribution is -2.09. The highest BCUT2D eigenvalue weighted by Crippen LogP contribution is 2.18. The first-order valence-electron chi connectivity index (χ1n) is 4.19. The summed E-state index contributed by atoms with van der Waals surface area (Å²) in [4.78, 5) is 11.6. The summed E-state index contributed by atoms with van der Waals surface area (Å²) >= 11 is 0. The molecule has 0 atom stereocenters. The average molecular weight is 192 g/mol. The molecule has 4 nitrogen and oxygen atoms in total. The van der Waals surface area contributed by atoms with Crippen LogP contribution in [0.3, 0.4) is 0 Å². The Kier molecular flexibility index (Phi) is 3.23. The molecule has 0 aliphatic heterocycles. The molecule has 0 amide bonds. The van der Waals surface area contributed by atoms with E-state index in [-0.39, 0.29) is 0 Å². The van der Waals surface area contributed by atoms with Gasteiger partial charge in [-0.3, -0.25) is 10.1 Å². The number of hydrogen-bond donors (Lipinski definition) is 0. The average Bonchev–Trinajstić information content (AvgIpc) is 2.15. The summed E-state index contributed by atoms with van der Waals surface area (Å²) in [6.07, 6.45) is 2.44. The molecule has 0 radical (unpaired) electrons. The van der Waals surface area contributed by atoms with E-state index < -0.39 is 4.92 Å². The van der Waals surface area contributed by atoms with Crippen LogP contribution in [0.2, 0.25) is 0 Å². The maximum absolute atomic E-state index is 10.2. The van der Waals surface area contributed by atoms with Crippen molar-refractivity contribution in [3.63, 3.8) is 0 Å². The summed E-state index contributed by atoms with van der Waals surface area (Å²) in [6, 6.07) is 7.51. The highest BCUT2D eigenvalue weighted by atomic mass is 16.6. The van der Waals surface area contributed by atoms with Gasteiger partial charge in [0.25, 0.3) is 0 Å². The molecule has 4 heteroatoms. The van der Waals surface area contributed by atoms with Gasteiger partial charge in [-0.25, -0.2) is 0 Å². The second-order valence-corrected chi connectivity index (χ2v) is 3.05. The van der Waals surface area contributed by atoms with Gasteiger partial charge in [-0.1, -0.05) is 18.2 Å². The fraction of sp³-hybridized carbons (Fsp3) is 0.200. The van der Waals surface area contributed by atoms with Crippen molar-refractivity contribution in [1.29, 1.82) is 0 Å². The summed E-state index contributed by atoms with van der Waals surface area (Å²) < 4.78 is 0. The van der Waals surface area contributed by atoms with Gasteiger partial charge >= 0.3 is 0 Å². The zero-order valence-electron chi connectivity index (χ0n) is 8.18. The Morgan fingerprint density at radius 2 is 2.00 bits per heavy atom. The number of anilines is 1. The van der Waals surface area contributed by atoms with Crippen LogP contribution in [0.4, 0.5) is 5.69 Å². The fourth-order valence-corrected chi connectivity index (χ4v) is 1.18. The number of nitrogens with zero attached hydrogens (tertiary/aromatic N) is 2. The number of hydrogen-bond acceptors (Lipinski definition) is 3. The third-order valence-electron chi connectivity index (χ3n) is 1.79. The molecule has 74 valence electrons. The standard InChI is InChI=1S/C10H12N2O2/c1-11(2)10-6-4-3-5-9(10)7-8-12(13)14/h3-8H,1-2H3/b8-7+. The van der Waals surface area contributed by atoms with Crippen molar-refractivity contribution < 1.29 is 4.92 Å². The second-order valence-electron chi connectivity index (χ2n) is 3.05. The molecule has 0 N–H and O–H groups in total. The molecule has 1 aromatic carbocycles. The summed E-state index contributed by atoms with van der Waals surface area (Å²) in [5.41, 5.74) is 1.81. The topological polar surface area (TPSA) is 46.4 Å². The lowest BCUT2D eigenvalue weighted by Gasteiger charge is -2.14. The number of nitro groups is 1. The van der Waals surface area contributed by atoms with Gasteiger partial charge in [0.05, 0.1) is 4.92 Å². The first-order valence-corrected chi connectivity index (χ1v) is 4.19. The molecule has 0 heterocycles. The highest BCUT2D eigenvalue weighted by Gasteiger charge is 2.00. The molecule has 0 saturated carbocycles. The fourth-order valence-electron chi connectivity index (χ4n) is 1.18. The lowest BCUT2D eigenvalue weighted by molar-refractivity contribution is -0.400. The molecular formula is C10H12N2O2. The molecule has 0 aliphatic carbocycles. The van der Waals surface area contributed by atoms with E-state index in [9.17, 15) is 10.1 Å². The first kappa shape index (κ1) is 10.2. The van der Waals surface area contributed by atoms with E-state index in [1.54, 1.807) is 0 Å². The van der Waals surface area contributed by atoms with Crippen LogP contribution in [-0.2, 0) is 0 Å². The zero-order chi connectivity index (χ0) is 10.6. The van der Waals surface area contributed by atoms with Crippen molar-refractivity contribution in [2.75, 3.05) is 19.0 Å². The van der Waals surface area contributed by atoms with Crippen LogP contribution in [0.5, 0.6) is 0 Å². The van der Waals surface area contributed by atoms with Crippen LogP contribution in [0, 0.1) is 10.1 Å². The molecule has 0 aliphatic rings. The van der Waals surface area contributed by atoms with Crippen LogP contribution < -0.4 is 4.90 Å². The Morgan fingerprint density at radius 1 is 1.36 bits per heavy atom. The van der Waals surface area contributed by atoms with E-state index in [0.717, 1.165) is 17.5 Å². The molecular weight excluding hydrogens is 180 g/mol. The van der Waals surface area contributed by atoms with Crippen molar-refractivity contribution in [2.24, 2.45) is 0 Å². The minimum atomic E-state index is -0.466. The largest absolute Gasteiger partial charge is 0.377 e. The van der Waals surface area contributed by atoms with E-state index in [2.05, 4.69) is 0 Å². The Balaban J connectivity index is 3.01. The Morgan fingerprint density at radius 3 is 2.57 bits per heavy atom. The molecule has 0 fully saturated rings. The predicted molar refractivity (Wildman–Crippen MR) is 56.8 cm³/mol. The second kappa shape index (κ2) is 4.41. The van der Waals surface area contributed by atoms with Gasteiger partial charge in [-0.2, -0.15) is 0 Å². The van der Waals surface area contributed by atoms with Crippen LogP contribution in [0.15, 0.2) is 30.5 Å². The van der Waals surface area contributed by atoms with Gasteiger partial charge < -0.3 is 4.90 Å². The van der Waals surface area contributed by atoms with Crippen molar-refractivity contribution in [3.8, 4) is 0 Å². The normalized spacial score (nSPS) is 10.4. The molecule has 0 spiro atoms. The Hall–Kier alpha value is -1.84. The number of benzene rings is 1. The van der Waals surface area contributed by atoms with Gasteiger partial charge in [0, 0.05) is 31.4 Å². The van der Waals surface area contributed by atoms with E-state index in [0.29, 0.717) is 0 Å². The van der Waals surface area contributed by atoms with Crippen LogP contribution in [-0.4, -0.2) is 19.0 Å². The first-order chi connectivity index (χ1) is 6.61. The molecule has 0 saturated heterocycles. The van der Waals surface area contributed by atoms with Gasteiger partial charge in [-0.05, 0) is 6.07 Å². The SMILES string of the molecule is CN(C)c1ccccc1/C=C/[N+](=O)[O-]. The summed E-state index contributed by atoms with van der Waals surface area (Å²) in [5.74, 6) is 0. The van der Waals surface area contributed by atoms with Crippen molar-refractivity contribution in [1.82, 2.24) is 0 Å². The van der Waals surface area contributed by atoms with Crippen LogP contribution in [0.1, 0.15) is 5.56 Å². The van der Waals surface area contributed by atoms with Crippen molar-refractivity contribution >= 4 is 11.8 Å². The Bertz CT molecular complexity index is 359. The number of rotatable bonds is 3. The minimum Gasteiger partial charge on any atom is -0.377 e. The quantitative estimate of drug-likeness (QED) is 0.543. The van der Waals surface area contributed by atoms with Gasteiger partial charge in [-0.15, -0.1) is 0 Å². The van der Waals surface area contributed by atoms with Crippen LogP contribution in [0.25, 0.3) is 6.08 Å². The van der Waals surface area contributed by atoms with E-state index in [4.69, 9.17) is 0 Å². The zero-order valence-corrected chi connectivity index (χ0v) is 8.18. The molecule has 14 heavy (non-hydrogen) atoms. The minimum absolute atomic E-state index is 0.466. The summed E-state index contributed by atoms with van der Waals surface area (Å²) in [6.45, 7) is 0. The van der Waals surface area contributed by atoms with E-state index >= 15 is 0 Å². The van der Waals surface area contributed by atoms with E-state index in [1.807, 2.05) is 43.3 Å². The van der Waals surface area contributed by atoms with Gasteiger partial charge in [0.15, 0.2) is 0 Å². The monoisotopic (exact) mass is 192 g/mol. The van der Waals surface area contributed by atoms with Gasteiger partial charge in [0.2, 0.25) is 6.20 Å². The summed E-state index contributed by atoms with van der Waals surface area (Å²) in [7, 11) is 3.80. The maximum atomic E-state index is 10.2. The highest BCUT2D eigenvalue weighted by molar-refractivity contribution is 5.66. The van der Waals surface area contributed by atoms with Crippen LogP contribution >= 0.6 is 0 Å². The molecule has 1 rings (SSSR count). The molecule has 0 aromatic heterocycles. The Labute approximate surface area is 82.6 Å². The summed E-state index contributed by atoms with van der Waals surface area (Å²) in [5, 5.41) is 10.2. The van der Waals surface area contributed by atoms with Crippen molar-refractivity contribution in [3.05, 3.63) is 46.1 Å². The van der Waals surface area contributed by atoms with Crippen molar-refractivity contribution in [2.45, 2.75) is 0 Å².